The van der Waals surface area contributed by atoms with Crippen molar-refractivity contribution in [3.63, 3.8) is 0 Å². The Morgan fingerprint density at radius 1 is 1.12 bits per heavy atom. The quantitative estimate of drug-likeness (QED) is 0.768. The lowest BCUT2D eigenvalue weighted by Crippen LogP contribution is -2.35. The zero-order chi connectivity index (χ0) is 12.5. The lowest BCUT2D eigenvalue weighted by molar-refractivity contribution is -0.196. The van der Waals surface area contributed by atoms with Crippen LogP contribution in [0.5, 0.6) is 0 Å². The second kappa shape index (κ2) is 4.48. The van der Waals surface area contributed by atoms with E-state index in [0.717, 1.165) is 11.8 Å². The smallest absolute Gasteiger partial charge is 0.416 e. The minimum atomic E-state index is -4.63. The third-order valence-corrected chi connectivity index (χ3v) is 3.12. The van der Waals surface area contributed by atoms with Crippen LogP contribution in [-0.4, -0.2) is 23.9 Å². The molecule has 0 aromatic heterocycles. The first kappa shape index (κ1) is 12.1. The zero-order valence-electron chi connectivity index (χ0n) is 8.31. The standard InChI is InChI=1S/C10H7F3O3S/c11-10(12,13)7-8(16-9(14)15-7)17-6-4-2-1-3-5-6/h1-5,7-8H. The van der Waals surface area contributed by atoms with E-state index >= 15 is 0 Å². The second-order valence-electron chi connectivity index (χ2n) is 3.25. The number of thioether (sulfide) groups is 1. The van der Waals surface area contributed by atoms with Crippen molar-refractivity contribution in [2.45, 2.75) is 22.6 Å². The molecule has 1 aromatic carbocycles. The van der Waals surface area contributed by atoms with E-state index in [9.17, 15) is 18.0 Å². The van der Waals surface area contributed by atoms with Gasteiger partial charge in [-0.25, -0.2) is 4.79 Å². The molecule has 1 heterocycles. The van der Waals surface area contributed by atoms with E-state index < -0.39 is 23.9 Å². The average molecular weight is 264 g/mol. The van der Waals surface area contributed by atoms with Gasteiger partial charge in [-0.05, 0) is 12.1 Å². The van der Waals surface area contributed by atoms with Crippen LogP contribution in [0.15, 0.2) is 35.2 Å². The van der Waals surface area contributed by atoms with Crippen molar-refractivity contribution in [2.24, 2.45) is 0 Å². The number of carbonyl (C=O) groups is 1. The fraction of sp³-hybridized carbons (Fsp3) is 0.300. The summed E-state index contributed by atoms with van der Waals surface area (Å²) in [4.78, 5) is 11.3. The largest absolute Gasteiger partial charge is 0.510 e. The third-order valence-electron chi connectivity index (χ3n) is 2.00. The van der Waals surface area contributed by atoms with E-state index in [0.29, 0.717) is 4.90 Å². The van der Waals surface area contributed by atoms with Gasteiger partial charge in [-0.1, -0.05) is 30.0 Å². The topological polar surface area (TPSA) is 35.5 Å². The molecular weight excluding hydrogens is 257 g/mol. The monoisotopic (exact) mass is 264 g/mol. The van der Waals surface area contributed by atoms with Gasteiger partial charge in [-0.3, -0.25) is 0 Å². The maximum Gasteiger partial charge on any atom is 0.510 e. The minimum Gasteiger partial charge on any atom is -0.416 e. The summed E-state index contributed by atoms with van der Waals surface area (Å²) in [6.45, 7) is 0. The molecule has 0 amide bonds. The summed E-state index contributed by atoms with van der Waals surface area (Å²) in [6.07, 6.45) is -8.14. The van der Waals surface area contributed by atoms with E-state index in [1.54, 1.807) is 30.3 Å². The van der Waals surface area contributed by atoms with Gasteiger partial charge >= 0.3 is 12.3 Å². The van der Waals surface area contributed by atoms with Crippen LogP contribution in [0.2, 0.25) is 0 Å². The number of carbonyl (C=O) groups excluding carboxylic acids is 1. The Morgan fingerprint density at radius 2 is 1.76 bits per heavy atom. The highest BCUT2D eigenvalue weighted by Crippen LogP contribution is 2.39. The molecule has 2 rings (SSSR count). The Labute approximate surface area is 98.9 Å². The molecule has 1 aromatic rings. The van der Waals surface area contributed by atoms with Crippen LogP contribution in [0, 0.1) is 0 Å². The van der Waals surface area contributed by atoms with Crippen LogP contribution in [0.4, 0.5) is 18.0 Å². The van der Waals surface area contributed by atoms with Gasteiger partial charge in [0.15, 0.2) is 0 Å². The second-order valence-corrected chi connectivity index (χ2v) is 4.42. The molecule has 1 aliphatic rings. The average Bonchev–Trinajstić information content (AvgIpc) is 2.60. The molecule has 1 saturated heterocycles. The summed E-state index contributed by atoms with van der Waals surface area (Å²) in [5.41, 5.74) is -1.40. The molecule has 0 spiro atoms. The predicted octanol–water partition coefficient (Wildman–Crippen LogP) is 3.20. The number of hydrogen-bond acceptors (Lipinski definition) is 4. The van der Waals surface area contributed by atoms with Crippen LogP contribution < -0.4 is 0 Å². The lowest BCUT2D eigenvalue weighted by atomic mass is 10.4. The first-order valence-corrected chi connectivity index (χ1v) is 5.50. The molecule has 0 bridgehead atoms. The van der Waals surface area contributed by atoms with Crippen LogP contribution in [0.1, 0.15) is 0 Å². The molecule has 92 valence electrons. The zero-order valence-corrected chi connectivity index (χ0v) is 9.12. The van der Waals surface area contributed by atoms with Crippen molar-refractivity contribution in [2.75, 3.05) is 0 Å². The summed E-state index contributed by atoms with van der Waals surface area (Å²) in [6, 6.07) is 8.36. The molecule has 3 nitrogen and oxygen atoms in total. The Hall–Kier alpha value is -1.37. The Bertz CT molecular complexity index is 407. The van der Waals surface area contributed by atoms with Crippen LogP contribution in [0.3, 0.4) is 0 Å². The van der Waals surface area contributed by atoms with Crippen LogP contribution >= 0.6 is 11.8 Å². The Morgan fingerprint density at radius 3 is 2.35 bits per heavy atom. The van der Waals surface area contributed by atoms with Crippen molar-refractivity contribution >= 4 is 17.9 Å². The maximum absolute atomic E-state index is 12.5. The molecule has 1 fully saturated rings. The van der Waals surface area contributed by atoms with Gasteiger partial charge in [0, 0.05) is 4.90 Å². The van der Waals surface area contributed by atoms with Gasteiger partial charge in [-0.15, -0.1) is 0 Å². The number of halogens is 3. The summed E-state index contributed by atoms with van der Waals surface area (Å²) in [5, 5.41) is 0. The van der Waals surface area contributed by atoms with Gasteiger partial charge < -0.3 is 9.47 Å². The Balaban J connectivity index is 2.12. The number of cyclic esters (lactones) is 2. The normalized spacial score (nSPS) is 24.3. The number of benzene rings is 1. The van der Waals surface area contributed by atoms with Gasteiger partial charge in [0.2, 0.25) is 11.5 Å². The van der Waals surface area contributed by atoms with Crippen molar-refractivity contribution in [1.29, 1.82) is 0 Å². The third kappa shape index (κ3) is 2.85. The number of alkyl halides is 3. The Kier molecular flexibility index (Phi) is 3.19. The van der Waals surface area contributed by atoms with Gasteiger partial charge in [0.1, 0.15) is 0 Å². The van der Waals surface area contributed by atoms with E-state index in [-0.39, 0.29) is 0 Å². The van der Waals surface area contributed by atoms with Gasteiger partial charge in [-0.2, -0.15) is 13.2 Å². The molecule has 2 atom stereocenters. The van der Waals surface area contributed by atoms with Crippen molar-refractivity contribution < 1.29 is 27.4 Å². The molecule has 0 radical (unpaired) electrons. The van der Waals surface area contributed by atoms with E-state index in [2.05, 4.69) is 9.47 Å². The molecule has 0 aliphatic carbocycles. The highest BCUT2D eigenvalue weighted by atomic mass is 32.2. The number of hydrogen-bond donors (Lipinski definition) is 0. The first-order valence-electron chi connectivity index (χ1n) is 4.62. The van der Waals surface area contributed by atoms with E-state index in [1.165, 1.54) is 0 Å². The minimum absolute atomic E-state index is 0.574. The van der Waals surface area contributed by atoms with Gasteiger partial charge in [0.05, 0.1) is 0 Å². The number of ether oxygens (including phenoxy) is 2. The van der Waals surface area contributed by atoms with Gasteiger partial charge in [0.25, 0.3) is 0 Å². The molecule has 0 saturated carbocycles. The SMILES string of the molecule is O=C1OC(Sc2ccccc2)C(C(F)(F)F)O1. The molecule has 0 N–H and O–H groups in total. The molecule has 7 heteroatoms. The maximum atomic E-state index is 12.5. The van der Waals surface area contributed by atoms with Crippen molar-refractivity contribution in [3.8, 4) is 0 Å². The fourth-order valence-electron chi connectivity index (χ4n) is 1.28. The van der Waals surface area contributed by atoms with E-state index in [1.807, 2.05) is 0 Å². The summed E-state index contributed by atoms with van der Waals surface area (Å²) in [5.74, 6) is 0. The molecule has 17 heavy (non-hydrogen) atoms. The van der Waals surface area contributed by atoms with E-state index in [4.69, 9.17) is 0 Å². The first-order chi connectivity index (χ1) is 7.97. The molecule has 2 unspecified atom stereocenters. The summed E-state index contributed by atoms with van der Waals surface area (Å²) >= 11 is 0.802. The van der Waals surface area contributed by atoms with Crippen molar-refractivity contribution in [1.82, 2.24) is 0 Å². The van der Waals surface area contributed by atoms with Crippen LogP contribution in [0.25, 0.3) is 0 Å². The molecular formula is C10H7F3O3S. The summed E-state index contributed by atoms with van der Waals surface area (Å²) in [7, 11) is 0. The highest BCUT2D eigenvalue weighted by Gasteiger charge is 2.54. The highest BCUT2D eigenvalue weighted by molar-refractivity contribution is 7.99. The van der Waals surface area contributed by atoms with Crippen molar-refractivity contribution in [3.05, 3.63) is 30.3 Å². The fourth-order valence-corrected chi connectivity index (χ4v) is 2.33. The number of rotatable bonds is 2. The lowest BCUT2D eigenvalue weighted by Gasteiger charge is -2.17. The van der Waals surface area contributed by atoms with Crippen LogP contribution in [-0.2, 0) is 9.47 Å². The molecule has 1 aliphatic heterocycles. The predicted molar refractivity (Wildman–Crippen MR) is 53.5 cm³/mol. The summed E-state index contributed by atoms with van der Waals surface area (Å²) < 4.78 is 46.1.